The summed E-state index contributed by atoms with van der Waals surface area (Å²) in [5.74, 6) is -1.70. The maximum Gasteiger partial charge on any atom is 0.228 e. The van der Waals surface area contributed by atoms with Gasteiger partial charge in [-0.3, -0.25) is 9.59 Å². The molecule has 25 heavy (non-hydrogen) atoms. The average molecular weight is 361 g/mol. The monoisotopic (exact) mass is 360 g/mol. The van der Waals surface area contributed by atoms with Crippen LogP contribution in [0.1, 0.15) is 17.5 Å². The normalized spacial score (nSPS) is 18.6. The molecule has 6 heteroatoms. The Labute approximate surface area is 150 Å². The lowest BCUT2D eigenvalue weighted by Crippen LogP contribution is -2.21. The fourth-order valence-electron chi connectivity index (χ4n) is 2.76. The number of aryl methyl sites for hydroxylation is 2. The molecule has 2 aromatic rings. The van der Waals surface area contributed by atoms with Gasteiger partial charge in [0.25, 0.3) is 0 Å². The van der Waals surface area contributed by atoms with Gasteiger partial charge >= 0.3 is 0 Å². The lowest BCUT2D eigenvalue weighted by Gasteiger charge is -2.09. The number of carbonyl (C=O) groups excluding carboxylic acids is 2. The van der Waals surface area contributed by atoms with E-state index in [-0.39, 0.29) is 28.7 Å². The maximum absolute atomic E-state index is 13.1. The van der Waals surface area contributed by atoms with Crippen LogP contribution < -0.4 is 10.6 Å². The molecule has 2 unspecified atom stereocenters. The van der Waals surface area contributed by atoms with Crippen LogP contribution in [0.3, 0.4) is 0 Å². The number of anilines is 2. The summed E-state index contributed by atoms with van der Waals surface area (Å²) in [6.45, 7) is 3.92. The first-order valence-electron chi connectivity index (χ1n) is 7.99. The van der Waals surface area contributed by atoms with E-state index in [1.807, 2.05) is 32.0 Å². The van der Waals surface area contributed by atoms with Crippen LogP contribution in [-0.2, 0) is 9.59 Å². The van der Waals surface area contributed by atoms with E-state index in [0.717, 1.165) is 16.8 Å². The molecule has 1 saturated carbocycles. The van der Waals surface area contributed by atoms with E-state index in [1.165, 1.54) is 18.2 Å². The minimum Gasteiger partial charge on any atom is -0.326 e. The summed E-state index contributed by atoms with van der Waals surface area (Å²) in [4.78, 5) is 24.5. The highest BCUT2D eigenvalue weighted by atomic mass is 35.5. The summed E-state index contributed by atoms with van der Waals surface area (Å²) in [5.41, 5.74) is 3.27. The van der Waals surface area contributed by atoms with E-state index in [4.69, 9.17) is 11.6 Å². The number of benzene rings is 2. The van der Waals surface area contributed by atoms with Crippen molar-refractivity contribution >= 4 is 34.8 Å². The zero-order valence-electron chi connectivity index (χ0n) is 13.9. The summed E-state index contributed by atoms with van der Waals surface area (Å²) in [5, 5.41) is 5.49. The standard InChI is InChI=1S/C19H18ClFN2O2/c1-10-3-6-17(11(2)7-10)23-19(25)14-9-13(14)18(24)22-12-4-5-16(21)15(20)8-12/h3-8,13-14H,9H2,1-2H3,(H,22,24)(H,23,25). The third-order valence-electron chi connectivity index (χ3n) is 4.29. The van der Waals surface area contributed by atoms with Gasteiger partial charge in [0.15, 0.2) is 0 Å². The Bertz CT molecular complexity index is 853. The van der Waals surface area contributed by atoms with Gasteiger partial charge in [-0.25, -0.2) is 4.39 Å². The topological polar surface area (TPSA) is 58.2 Å². The van der Waals surface area contributed by atoms with Crippen LogP contribution >= 0.6 is 11.6 Å². The second kappa shape index (κ2) is 6.84. The molecule has 0 heterocycles. The van der Waals surface area contributed by atoms with Gasteiger partial charge in [-0.15, -0.1) is 0 Å². The summed E-state index contributed by atoms with van der Waals surface area (Å²) >= 11 is 5.70. The highest BCUT2D eigenvalue weighted by Gasteiger charge is 2.48. The van der Waals surface area contributed by atoms with Crippen LogP contribution in [0, 0.1) is 31.5 Å². The first-order chi connectivity index (χ1) is 11.8. The maximum atomic E-state index is 13.1. The quantitative estimate of drug-likeness (QED) is 0.853. The average Bonchev–Trinajstić information content (AvgIpc) is 3.34. The zero-order chi connectivity index (χ0) is 18.1. The van der Waals surface area contributed by atoms with Crippen LogP contribution in [0.5, 0.6) is 0 Å². The summed E-state index contributed by atoms with van der Waals surface area (Å²) < 4.78 is 13.1. The molecule has 0 saturated heterocycles. The van der Waals surface area contributed by atoms with Gasteiger partial charge in [-0.1, -0.05) is 29.3 Å². The van der Waals surface area contributed by atoms with E-state index in [0.29, 0.717) is 12.1 Å². The van der Waals surface area contributed by atoms with Crippen LogP contribution in [0.15, 0.2) is 36.4 Å². The predicted octanol–water partition coefficient (Wildman–Crippen LogP) is 4.31. The van der Waals surface area contributed by atoms with Crippen molar-refractivity contribution in [3.63, 3.8) is 0 Å². The van der Waals surface area contributed by atoms with Crippen molar-refractivity contribution in [1.29, 1.82) is 0 Å². The Balaban J connectivity index is 1.58. The Morgan fingerprint density at radius 1 is 1.04 bits per heavy atom. The number of amides is 2. The van der Waals surface area contributed by atoms with Crippen molar-refractivity contribution in [2.45, 2.75) is 20.3 Å². The van der Waals surface area contributed by atoms with Crippen molar-refractivity contribution in [3.8, 4) is 0 Å². The van der Waals surface area contributed by atoms with Crippen molar-refractivity contribution < 1.29 is 14.0 Å². The van der Waals surface area contributed by atoms with Crippen LogP contribution in [0.2, 0.25) is 5.02 Å². The van der Waals surface area contributed by atoms with E-state index in [9.17, 15) is 14.0 Å². The number of hydrogen-bond acceptors (Lipinski definition) is 2. The molecular weight excluding hydrogens is 343 g/mol. The second-order valence-corrected chi connectivity index (χ2v) is 6.78. The predicted molar refractivity (Wildman–Crippen MR) is 96.2 cm³/mol. The first kappa shape index (κ1) is 17.4. The number of nitrogens with one attached hydrogen (secondary N) is 2. The molecule has 0 radical (unpaired) electrons. The molecule has 3 rings (SSSR count). The number of halogens is 2. The fraction of sp³-hybridized carbons (Fsp3) is 0.263. The van der Waals surface area contributed by atoms with E-state index in [1.54, 1.807) is 0 Å². The van der Waals surface area contributed by atoms with Gasteiger partial charge < -0.3 is 10.6 Å². The number of hydrogen-bond donors (Lipinski definition) is 2. The van der Waals surface area contributed by atoms with E-state index in [2.05, 4.69) is 10.6 Å². The molecule has 0 aliphatic heterocycles. The van der Waals surface area contributed by atoms with Crippen LogP contribution in [-0.4, -0.2) is 11.8 Å². The largest absolute Gasteiger partial charge is 0.326 e. The molecule has 2 aromatic carbocycles. The third-order valence-corrected chi connectivity index (χ3v) is 4.58. The number of carbonyl (C=O) groups is 2. The molecule has 1 aliphatic carbocycles. The van der Waals surface area contributed by atoms with E-state index >= 15 is 0 Å². The van der Waals surface area contributed by atoms with Crippen molar-refractivity contribution in [3.05, 3.63) is 58.4 Å². The first-order valence-corrected chi connectivity index (χ1v) is 8.37. The van der Waals surface area contributed by atoms with Crippen LogP contribution in [0.4, 0.5) is 15.8 Å². The van der Waals surface area contributed by atoms with Crippen molar-refractivity contribution in [1.82, 2.24) is 0 Å². The fourth-order valence-corrected chi connectivity index (χ4v) is 2.94. The van der Waals surface area contributed by atoms with Gasteiger partial charge in [-0.2, -0.15) is 0 Å². The molecule has 130 valence electrons. The van der Waals surface area contributed by atoms with Gasteiger partial charge in [-0.05, 0) is 50.1 Å². The molecule has 0 aromatic heterocycles. The SMILES string of the molecule is Cc1ccc(NC(=O)C2CC2C(=O)Nc2ccc(F)c(Cl)c2)c(C)c1. The third kappa shape index (κ3) is 3.99. The minimum absolute atomic E-state index is 0.0577. The molecule has 1 aliphatic rings. The van der Waals surface area contributed by atoms with Gasteiger partial charge in [0.2, 0.25) is 11.8 Å². The molecule has 4 nitrogen and oxygen atoms in total. The Kier molecular flexibility index (Phi) is 4.77. The summed E-state index contributed by atoms with van der Waals surface area (Å²) in [6, 6.07) is 9.76. The molecule has 2 atom stereocenters. The van der Waals surface area contributed by atoms with E-state index < -0.39 is 5.82 Å². The summed E-state index contributed by atoms with van der Waals surface area (Å²) in [6.07, 6.45) is 0.498. The molecular formula is C19H18ClFN2O2. The molecule has 0 bridgehead atoms. The lowest BCUT2D eigenvalue weighted by atomic mass is 10.1. The lowest BCUT2D eigenvalue weighted by molar-refractivity contribution is -0.122. The number of rotatable bonds is 4. The van der Waals surface area contributed by atoms with Gasteiger partial charge in [0, 0.05) is 11.4 Å². The minimum atomic E-state index is -0.545. The highest BCUT2D eigenvalue weighted by Crippen LogP contribution is 2.40. The zero-order valence-corrected chi connectivity index (χ0v) is 14.7. The molecule has 2 amide bonds. The van der Waals surface area contributed by atoms with Crippen molar-refractivity contribution in [2.75, 3.05) is 10.6 Å². The molecule has 2 N–H and O–H groups in total. The Morgan fingerprint density at radius 3 is 2.36 bits per heavy atom. The van der Waals surface area contributed by atoms with Crippen molar-refractivity contribution in [2.24, 2.45) is 11.8 Å². The molecule has 0 spiro atoms. The summed E-state index contributed by atoms with van der Waals surface area (Å²) in [7, 11) is 0. The van der Waals surface area contributed by atoms with Gasteiger partial charge in [0.1, 0.15) is 5.82 Å². The smallest absolute Gasteiger partial charge is 0.228 e. The molecule has 1 fully saturated rings. The Morgan fingerprint density at radius 2 is 1.72 bits per heavy atom. The second-order valence-electron chi connectivity index (χ2n) is 6.37. The van der Waals surface area contributed by atoms with Crippen LogP contribution in [0.25, 0.3) is 0 Å². The Hall–Kier alpha value is -2.40. The van der Waals surface area contributed by atoms with Gasteiger partial charge in [0.05, 0.1) is 16.9 Å². The highest BCUT2D eigenvalue weighted by molar-refractivity contribution is 6.31.